The molecule has 2 rings (SSSR count). The van der Waals surface area contributed by atoms with E-state index in [2.05, 4.69) is 24.0 Å². The van der Waals surface area contributed by atoms with E-state index >= 15 is 0 Å². The average molecular weight is 222 g/mol. The molecule has 5 nitrogen and oxygen atoms in total. The van der Waals surface area contributed by atoms with Crippen molar-refractivity contribution in [3.8, 4) is 0 Å². The van der Waals surface area contributed by atoms with Crippen LogP contribution in [0.25, 0.3) is 0 Å². The minimum absolute atomic E-state index is 0.0153. The molecule has 3 N–H and O–H groups in total. The van der Waals surface area contributed by atoms with Gasteiger partial charge in [0.1, 0.15) is 0 Å². The summed E-state index contributed by atoms with van der Waals surface area (Å²) in [5.41, 5.74) is 8.81. The molecule has 16 heavy (non-hydrogen) atoms. The Hall–Kier alpha value is -1.36. The van der Waals surface area contributed by atoms with E-state index in [1.54, 1.807) is 0 Å². The molecule has 1 aromatic heterocycles. The Morgan fingerprint density at radius 2 is 2.38 bits per heavy atom. The second-order valence-corrected chi connectivity index (χ2v) is 4.49. The molecule has 5 heteroatoms. The maximum atomic E-state index is 11.5. The Bertz CT molecular complexity index is 397. The molecule has 0 radical (unpaired) electrons. The maximum Gasteiger partial charge on any atom is 0.236 e. The molecule has 1 aliphatic rings. The molecular formula is C11H18N4O. The number of H-pyrrole nitrogens is 1. The number of aromatic amines is 1. The second kappa shape index (κ2) is 4.25. The lowest BCUT2D eigenvalue weighted by atomic mass is 9.99. The zero-order valence-electron chi connectivity index (χ0n) is 9.79. The van der Waals surface area contributed by atoms with Crippen molar-refractivity contribution in [1.82, 2.24) is 15.1 Å². The molecule has 0 unspecified atom stereocenters. The van der Waals surface area contributed by atoms with E-state index in [4.69, 9.17) is 5.73 Å². The fourth-order valence-electron chi connectivity index (χ4n) is 2.14. The van der Waals surface area contributed by atoms with Crippen LogP contribution in [0.1, 0.15) is 36.7 Å². The summed E-state index contributed by atoms with van der Waals surface area (Å²) in [7, 11) is 0. The van der Waals surface area contributed by atoms with Crippen molar-refractivity contribution in [1.29, 1.82) is 0 Å². The van der Waals surface area contributed by atoms with E-state index in [0.29, 0.717) is 12.5 Å². The van der Waals surface area contributed by atoms with Crippen LogP contribution < -0.4 is 5.73 Å². The van der Waals surface area contributed by atoms with Crippen LogP contribution >= 0.6 is 0 Å². The average Bonchev–Trinajstić information content (AvgIpc) is 2.70. The van der Waals surface area contributed by atoms with Gasteiger partial charge >= 0.3 is 0 Å². The number of rotatable bonds is 2. The minimum atomic E-state index is 0.0153. The van der Waals surface area contributed by atoms with Crippen molar-refractivity contribution in [3.63, 3.8) is 0 Å². The maximum absolute atomic E-state index is 11.5. The topological polar surface area (TPSA) is 75.0 Å². The summed E-state index contributed by atoms with van der Waals surface area (Å²) >= 11 is 0. The predicted octanol–water partition coefficient (Wildman–Crippen LogP) is 0.376. The van der Waals surface area contributed by atoms with Crippen LogP contribution in [0.4, 0.5) is 0 Å². The molecule has 0 atom stereocenters. The number of hydrogen-bond donors (Lipinski definition) is 2. The minimum Gasteiger partial charge on any atom is -0.337 e. The Labute approximate surface area is 95.0 Å². The van der Waals surface area contributed by atoms with Crippen LogP contribution in [-0.2, 0) is 17.8 Å². The summed E-state index contributed by atoms with van der Waals surface area (Å²) in [6.07, 6.45) is 0.848. The molecule has 0 saturated carbocycles. The van der Waals surface area contributed by atoms with Crippen molar-refractivity contribution in [2.75, 3.05) is 13.1 Å². The van der Waals surface area contributed by atoms with Crippen LogP contribution in [0.2, 0.25) is 0 Å². The first-order valence-corrected chi connectivity index (χ1v) is 5.67. The fraction of sp³-hybridized carbons (Fsp3) is 0.636. The van der Waals surface area contributed by atoms with Crippen molar-refractivity contribution in [3.05, 3.63) is 17.0 Å². The molecule has 88 valence electrons. The molecule has 1 aromatic rings. The highest BCUT2D eigenvalue weighted by Crippen LogP contribution is 2.25. The number of amides is 1. The van der Waals surface area contributed by atoms with E-state index in [9.17, 15) is 4.79 Å². The smallest absolute Gasteiger partial charge is 0.236 e. The molecule has 1 aliphatic heterocycles. The first-order chi connectivity index (χ1) is 7.63. The monoisotopic (exact) mass is 222 g/mol. The summed E-state index contributed by atoms with van der Waals surface area (Å²) in [5.74, 6) is 0.398. The van der Waals surface area contributed by atoms with E-state index < -0.39 is 0 Å². The van der Waals surface area contributed by atoms with Gasteiger partial charge in [-0.05, 0) is 5.92 Å². The Balaban J connectivity index is 2.24. The van der Waals surface area contributed by atoms with Crippen molar-refractivity contribution in [2.24, 2.45) is 5.73 Å². The largest absolute Gasteiger partial charge is 0.337 e. The van der Waals surface area contributed by atoms with Crippen LogP contribution in [0.3, 0.4) is 0 Å². The molecule has 0 spiro atoms. The first kappa shape index (κ1) is 11.1. The van der Waals surface area contributed by atoms with Crippen molar-refractivity contribution >= 4 is 5.91 Å². The number of hydrogen-bond acceptors (Lipinski definition) is 3. The summed E-state index contributed by atoms with van der Waals surface area (Å²) in [5, 5.41) is 7.39. The van der Waals surface area contributed by atoms with Gasteiger partial charge in [-0.2, -0.15) is 5.10 Å². The zero-order chi connectivity index (χ0) is 11.7. The molecule has 0 saturated heterocycles. The summed E-state index contributed by atoms with van der Waals surface area (Å²) < 4.78 is 0. The molecule has 0 aliphatic carbocycles. The Kier molecular flexibility index (Phi) is 2.96. The third-order valence-corrected chi connectivity index (χ3v) is 3.04. The van der Waals surface area contributed by atoms with Crippen LogP contribution in [0.5, 0.6) is 0 Å². The number of nitrogens with zero attached hydrogens (tertiary/aromatic N) is 2. The number of nitrogens with two attached hydrogens (primary N) is 1. The van der Waals surface area contributed by atoms with Gasteiger partial charge in [-0.15, -0.1) is 0 Å². The van der Waals surface area contributed by atoms with Crippen LogP contribution in [0, 0.1) is 0 Å². The highest BCUT2D eigenvalue weighted by atomic mass is 16.2. The van der Waals surface area contributed by atoms with Gasteiger partial charge in [0.25, 0.3) is 0 Å². The van der Waals surface area contributed by atoms with Gasteiger partial charge in [0.05, 0.1) is 12.2 Å². The molecule has 0 fully saturated rings. The van der Waals surface area contributed by atoms with E-state index in [0.717, 1.165) is 18.7 Å². The first-order valence-electron chi connectivity index (χ1n) is 5.67. The molecule has 2 heterocycles. The molecule has 0 bridgehead atoms. The number of carbonyl (C=O) groups is 1. The molecule has 1 amide bonds. The third kappa shape index (κ3) is 1.82. The zero-order valence-corrected chi connectivity index (χ0v) is 9.79. The SMILES string of the molecule is CC(C)c1n[nH]c2c1CN(C(=O)CN)CC2. The van der Waals surface area contributed by atoms with E-state index in [-0.39, 0.29) is 12.5 Å². The molecule has 0 aromatic carbocycles. The second-order valence-electron chi connectivity index (χ2n) is 4.49. The Morgan fingerprint density at radius 1 is 1.62 bits per heavy atom. The molecular weight excluding hydrogens is 204 g/mol. The van der Waals surface area contributed by atoms with Gasteiger partial charge in [0, 0.05) is 30.8 Å². The lowest BCUT2D eigenvalue weighted by Gasteiger charge is -2.27. The number of nitrogens with one attached hydrogen (secondary N) is 1. The highest BCUT2D eigenvalue weighted by molar-refractivity contribution is 5.78. The summed E-state index contributed by atoms with van der Waals surface area (Å²) in [6, 6.07) is 0. The number of carbonyl (C=O) groups excluding carboxylic acids is 1. The van der Waals surface area contributed by atoms with Crippen molar-refractivity contribution < 1.29 is 4.79 Å². The standard InChI is InChI=1S/C11H18N4O/c1-7(2)11-8-6-15(10(16)5-12)4-3-9(8)13-14-11/h7H,3-6,12H2,1-2H3,(H,13,14). The third-order valence-electron chi connectivity index (χ3n) is 3.04. The van der Waals surface area contributed by atoms with Crippen molar-refractivity contribution in [2.45, 2.75) is 32.7 Å². The fourth-order valence-corrected chi connectivity index (χ4v) is 2.14. The van der Waals surface area contributed by atoms with E-state index in [1.165, 1.54) is 11.3 Å². The normalized spacial score (nSPS) is 15.4. The van der Waals surface area contributed by atoms with Crippen LogP contribution in [-0.4, -0.2) is 34.1 Å². The highest BCUT2D eigenvalue weighted by Gasteiger charge is 2.25. The Morgan fingerprint density at radius 3 is 3.00 bits per heavy atom. The van der Waals surface area contributed by atoms with Gasteiger partial charge in [-0.3, -0.25) is 9.89 Å². The lowest BCUT2D eigenvalue weighted by molar-refractivity contribution is -0.130. The summed E-state index contributed by atoms with van der Waals surface area (Å²) in [6.45, 7) is 5.70. The van der Waals surface area contributed by atoms with Gasteiger partial charge in [-0.1, -0.05) is 13.8 Å². The quantitative estimate of drug-likeness (QED) is 0.759. The number of aromatic nitrogens is 2. The van der Waals surface area contributed by atoms with Gasteiger partial charge in [0.2, 0.25) is 5.91 Å². The van der Waals surface area contributed by atoms with Gasteiger partial charge in [0.15, 0.2) is 0 Å². The predicted molar refractivity (Wildman–Crippen MR) is 60.9 cm³/mol. The lowest BCUT2D eigenvalue weighted by Crippen LogP contribution is -2.39. The summed E-state index contributed by atoms with van der Waals surface area (Å²) in [4.78, 5) is 13.4. The van der Waals surface area contributed by atoms with Gasteiger partial charge < -0.3 is 10.6 Å². The van der Waals surface area contributed by atoms with E-state index in [1.807, 2.05) is 4.90 Å². The van der Waals surface area contributed by atoms with Gasteiger partial charge in [-0.25, -0.2) is 0 Å². The number of fused-ring (bicyclic) bond motifs is 1. The van der Waals surface area contributed by atoms with Crippen LogP contribution in [0.15, 0.2) is 0 Å².